The molecule has 1 rings (SSSR count). The van der Waals surface area contributed by atoms with Crippen LogP contribution in [0.1, 0.15) is 17.6 Å². The third kappa shape index (κ3) is 2.69. The van der Waals surface area contributed by atoms with E-state index in [0.29, 0.717) is 6.07 Å². The van der Waals surface area contributed by atoms with Crippen LogP contribution in [0.25, 0.3) is 0 Å². The zero-order valence-corrected chi connectivity index (χ0v) is 7.76. The molecule has 0 saturated heterocycles. The van der Waals surface area contributed by atoms with Gasteiger partial charge in [-0.1, -0.05) is 0 Å². The number of carbonyl (C=O) groups is 1. The van der Waals surface area contributed by atoms with Crippen LogP contribution < -0.4 is 0 Å². The standard InChI is InChI=1S/C8H6F2N2O4/c9-8(10)5-2-6(12(15)16)11-3-4(5)1-7(13)14/h2-3,8H,1H2,(H,13,14). The number of alkyl halides is 2. The maximum absolute atomic E-state index is 12.5. The summed E-state index contributed by atoms with van der Waals surface area (Å²) in [5, 5.41) is 18.7. The third-order valence-corrected chi connectivity index (χ3v) is 1.77. The topological polar surface area (TPSA) is 93.3 Å². The summed E-state index contributed by atoms with van der Waals surface area (Å²) in [6, 6.07) is 0.586. The van der Waals surface area contributed by atoms with Crippen LogP contribution in [0.15, 0.2) is 12.3 Å². The Morgan fingerprint density at radius 3 is 2.69 bits per heavy atom. The highest BCUT2D eigenvalue weighted by Gasteiger charge is 2.21. The van der Waals surface area contributed by atoms with Crippen molar-refractivity contribution in [3.63, 3.8) is 0 Å². The zero-order valence-electron chi connectivity index (χ0n) is 7.76. The van der Waals surface area contributed by atoms with E-state index < -0.39 is 35.1 Å². The van der Waals surface area contributed by atoms with Crippen LogP contribution in [0.4, 0.5) is 14.6 Å². The summed E-state index contributed by atoms with van der Waals surface area (Å²) in [5.74, 6) is -2.04. The fourth-order valence-corrected chi connectivity index (χ4v) is 1.10. The molecule has 0 aliphatic heterocycles. The number of hydrogen-bond acceptors (Lipinski definition) is 4. The monoisotopic (exact) mass is 232 g/mol. The summed E-state index contributed by atoms with van der Waals surface area (Å²) in [7, 11) is 0. The highest BCUT2D eigenvalue weighted by Crippen LogP contribution is 2.25. The lowest BCUT2D eigenvalue weighted by Gasteiger charge is -2.04. The molecule has 1 aromatic heterocycles. The Labute approximate surface area is 87.7 Å². The van der Waals surface area contributed by atoms with Crippen molar-refractivity contribution in [3.8, 4) is 0 Å². The molecule has 0 radical (unpaired) electrons. The second-order valence-corrected chi connectivity index (χ2v) is 2.87. The largest absolute Gasteiger partial charge is 0.481 e. The second kappa shape index (κ2) is 4.60. The molecule has 1 heterocycles. The van der Waals surface area contributed by atoms with Crippen molar-refractivity contribution in [3.05, 3.63) is 33.5 Å². The van der Waals surface area contributed by atoms with E-state index in [-0.39, 0.29) is 5.56 Å². The number of halogens is 2. The van der Waals surface area contributed by atoms with Gasteiger partial charge in [-0.2, -0.15) is 0 Å². The molecule has 1 aromatic rings. The first-order chi connectivity index (χ1) is 7.41. The van der Waals surface area contributed by atoms with Crippen molar-refractivity contribution in [2.45, 2.75) is 12.8 Å². The molecule has 8 heteroatoms. The lowest BCUT2D eigenvalue weighted by atomic mass is 10.1. The van der Waals surface area contributed by atoms with Crippen LogP contribution in [0.2, 0.25) is 0 Å². The predicted octanol–water partition coefficient (Wildman–Crippen LogP) is 1.55. The molecule has 0 aliphatic carbocycles. The van der Waals surface area contributed by atoms with E-state index >= 15 is 0 Å². The Morgan fingerprint density at radius 2 is 2.25 bits per heavy atom. The van der Waals surface area contributed by atoms with Crippen molar-refractivity contribution in [2.75, 3.05) is 0 Å². The lowest BCUT2D eigenvalue weighted by molar-refractivity contribution is -0.389. The Kier molecular flexibility index (Phi) is 3.44. The first-order valence-corrected chi connectivity index (χ1v) is 4.05. The average Bonchev–Trinajstić information content (AvgIpc) is 2.16. The predicted molar refractivity (Wildman–Crippen MR) is 47.2 cm³/mol. The molecule has 0 saturated carbocycles. The molecular weight excluding hydrogens is 226 g/mol. The number of carboxylic acids is 1. The highest BCUT2D eigenvalue weighted by molar-refractivity contribution is 5.70. The van der Waals surface area contributed by atoms with Gasteiger partial charge < -0.3 is 15.2 Å². The van der Waals surface area contributed by atoms with Crippen LogP contribution in [-0.4, -0.2) is 21.0 Å². The van der Waals surface area contributed by atoms with Gasteiger partial charge in [0.1, 0.15) is 6.20 Å². The van der Waals surface area contributed by atoms with Gasteiger partial charge in [0, 0.05) is 17.2 Å². The Bertz CT molecular complexity index is 436. The Hall–Kier alpha value is -2.12. The third-order valence-electron chi connectivity index (χ3n) is 1.77. The molecule has 0 fully saturated rings. The molecule has 0 atom stereocenters. The van der Waals surface area contributed by atoms with Gasteiger partial charge >= 0.3 is 11.8 Å². The molecule has 0 spiro atoms. The average molecular weight is 232 g/mol. The molecule has 0 amide bonds. The van der Waals surface area contributed by atoms with E-state index in [1.807, 2.05) is 0 Å². The van der Waals surface area contributed by atoms with Crippen molar-refractivity contribution in [1.29, 1.82) is 0 Å². The van der Waals surface area contributed by atoms with Gasteiger partial charge in [-0.05, 0) is 9.91 Å². The number of pyridine rings is 1. The van der Waals surface area contributed by atoms with Crippen LogP contribution in [0.3, 0.4) is 0 Å². The number of aliphatic carboxylic acids is 1. The van der Waals surface area contributed by atoms with E-state index in [4.69, 9.17) is 5.11 Å². The Morgan fingerprint density at radius 1 is 1.62 bits per heavy atom. The minimum atomic E-state index is -2.98. The minimum Gasteiger partial charge on any atom is -0.481 e. The number of carboxylic acid groups (broad SMARTS) is 1. The summed E-state index contributed by atoms with van der Waals surface area (Å²) in [6.45, 7) is 0. The molecule has 6 nitrogen and oxygen atoms in total. The summed E-state index contributed by atoms with van der Waals surface area (Å²) in [6.07, 6.45) is -2.84. The van der Waals surface area contributed by atoms with Crippen molar-refractivity contribution in [1.82, 2.24) is 4.98 Å². The quantitative estimate of drug-likeness (QED) is 0.627. The second-order valence-electron chi connectivity index (χ2n) is 2.87. The first kappa shape index (κ1) is 12.0. The summed E-state index contributed by atoms with van der Waals surface area (Å²) < 4.78 is 25.0. The van der Waals surface area contributed by atoms with Crippen LogP contribution in [-0.2, 0) is 11.2 Å². The van der Waals surface area contributed by atoms with Gasteiger partial charge in [0.15, 0.2) is 0 Å². The SMILES string of the molecule is O=C(O)Cc1cnc([N+](=O)[O-])cc1C(F)F. The molecule has 0 unspecified atom stereocenters. The zero-order chi connectivity index (χ0) is 12.3. The van der Waals surface area contributed by atoms with E-state index in [1.165, 1.54) is 0 Å². The van der Waals surface area contributed by atoms with E-state index in [2.05, 4.69) is 4.98 Å². The number of rotatable bonds is 4. The highest BCUT2D eigenvalue weighted by atomic mass is 19.3. The summed E-state index contributed by atoms with van der Waals surface area (Å²) in [5.41, 5.74) is -0.905. The molecule has 16 heavy (non-hydrogen) atoms. The van der Waals surface area contributed by atoms with Crippen LogP contribution in [0.5, 0.6) is 0 Å². The maximum Gasteiger partial charge on any atom is 0.363 e. The van der Waals surface area contributed by atoms with E-state index in [0.717, 1.165) is 6.20 Å². The van der Waals surface area contributed by atoms with Crippen LogP contribution in [0, 0.1) is 10.1 Å². The smallest absolute Gasteiger partial charge is 0.363 e. The number of nitrogens with zero attached hydrogens (tertiary/aromatic N) is 2. The molecule has 0 aromatic carbocycles. The number of nitro groups is 1. The van der Waals surface area contributed by atoms with E-state index in [9.17, 15) is 23.7 Å². The first-order valence-electron chi connectivity index (χ1n) is 4.05. The van der Waals surface area contributed by atoms with Gasteiger partial charge in [0.05, 0.1) is 6.42 Å². The van der Waals surface area contributed by atoms with Gasteiger partial charge in [0.2, 0.25) is 0 Å². The van der Waals surface area contributed by atoms with Gasteiger partial charge in [-0.3, -0.25) is 4.79 Å². The summed E-state index contributed by atoms with van der Waals surface area (Å²) in [4.78, 5) is 23.0. The van der Waals surface area contributed by atoms with E-state index in [1.54, 1.807) is 0 Å². The Balaban J connectivity index is 3.19. The van der Waals surface area contributed by atoms with Gasteiger partial charge in [-0.15, -0.1) is 0 Å². The molecule has 1 N–H and O–H groups in total. The minimum absolute atomic E-state index is 0.229. The fraction of sp³-hybridized carbons (Fsp3) is 0.250. The normalized spacial score (nSPS) is 10.4. The maximum atomic E-state index is 12.5. The lowest BCUT2D eigenvalue weighted by Crippen LogP contribution is -2.06. The van der Waals surface area contributed by atoms with Crippen molar-refractivity contribution < 1.29 is 23.6 Å². The van der Waals surface area contributed by atoms with Crippen LogP contribution >= 0.6 is 0 Å². The van der Waals surface area contributed by atoms with Gasteiger partial charge in [0.25, 0.3) is 6.43 Å². The molecule has 86 valence electrons. The molecular formula is C8H6F2N2O4. The van der Waals surface area contributed by atoms with Crippen molar-refractivity contribution >= 4 is 11.8 Å². The number of aromatic nitrogens is 1. The summed E-state index contributed by atoms with van der Waals surface area (Å²) >= 11 is 0. The van der Waals surface area contributed by atoms with Gasteiger partial charge in [-0.25, -0.2) is 8.78 Å². The van der Waals surface area contributed by atoms with Crippen molar-refractivity contribution in [2.24, 2.45) is 0 Å². The molecule has 0 bridgehead atoms. The number of hydrogen-bond donors (Lipinski definition) is 1. The molecule has 0 aliphatic rings. The fourth-order valence-electron chi connectivity index (χ4n) is 1.10.